The van der Waals surface area contributed by atoms with Gasteiger partial charge in [-0.25, -0.2) is 0 Å². The molecule has 4 heteroatoms. The van der Waals surface area contributed by atoms with Crippen LogP contribution in [0, 0.1) is 0 Å². The molecule has 0 aromatic rings. The van der Waals surface area contributed by atoms with E-state index in [0.717, 1.165) is 18.1 Å². The number of allylic oxidation sites excluding steroid dienone is 2. The monoisotopic (exact) mass is 210 g/mol. The first-order valence-electron chi connectivity index (χ1n) is 3.60. The molecule has 1 aliphatic heterocycles. The number of hydrogen-bond acceptors (Lipinski definition) is 2. The van der Waals surface area contributed by atoms with E-state index in [0.29, 0.717) is 5.88 Å². The minimum atomic E-state index is -1.90. The van der Waals surface area contributed by atoms with E-state index in [1.54, 1.807) is 11.4 Å². The zero-order valence-corrected chi connectivity index (χ0v) is 9.01. The van der Waals surface area contributed by atoms with Gasteiger partial charge in [-0.1, -0.05) is 23.0 Å². The molecule has 0 amide bonds. The summed E-state index contributed by atoms with van der Waals surface area (Å²) in [5, 5.41) is 0. The maximum absolute atomic E-state index is 11.8. The Morgan fingerprint density at radius 2 is 2.55 bits per heavy atom. The van der Waals surface area contributed by atoms with Crippen LogP contribution in [-0.2, 0) is 4.57 Å². The summed E-state index contributed by atoms with van der Waals surface area (Å²) in [5.41, 5.74) is 1.27. The van der Waals surface area contributed by atoms with E-state index in [1.807, 2.05) is 6.92 Å². The number of rotatable bonds is 3. The Hall–Kier alpha value is 0.610. The van der Waals surface area contributed by atoms with E-state index >= 15 is 0 Å². The highest BCUT2D eigenvalue weighted by molar-refractivity contribution is 8.58. The molecule has 0 spiro atoms. The molecule has 0 aromatic heterocycles. The summed E-state index contributed by atoms with van der Waals surface area (Å²) >= 11 is 7.08. The largest absolute Gasteiger partial charge is 0.311 e. The lowest BCUT2D eigenvalue weighted by atomic mass is 10.3. The van der Waals surface area contributed by atoms with E-state index in [4.69, 9.17) is 11.6 Å². The molecule has 0 saturated heterocycles. The number of alkyl halides is 1. The Labute approximate surface area is 76.7 Å². The van der Waals surface area contributed by atoms with Gasteiger partial charge in [0, 0.05) is 24.0 Å². The maximum atomic E-state index is 11.8. The van der Waals surface area contributed by atoms with Crippen LogP contribution in [0.2, 0.25) is 0 Å². The van der Waals surface area contributed by atoms with Gasteiger partial charge in [0.2, 0.25) is 0 Å². The summed E-state index contributed by atoms with van der Waals surface area (Å²) < 4.78 is 11.8. The van der Waals surface area contributed by atoms with Gasteiger partial charge in [-0.3, -0.25) is 0 Å². The lowest BCUT2D eigenvalue weighted by molar-refractivity contribution is 0.589. The van der Waals surface area contributed by atoms with Crippen molar-refractivity contribution in [2.75, 3.05) is 24.0 Å². The molecule has 1 unspecified atom stereocenters. The van der Waals surface area contributed by atoms with Gasteiger partial charge in [-0.15, -0.1) is 11.6 Å². The highest BCUT2D eigenvalue weighted by Crippen LogP contribution is 2.62. The van der Waals surface area contributed by atoms with E-state index in [1.165, 1.54) is 5.57 Å². The Morgan fingerprint density at radius 3 is 3.00 bits per heavy atom. The summed E-state index contributed by atoms with van der Waals surface area (Å²) in [6.45, 7) is 2.04. The van der Waals surface area contributed by atoms with Crippen molar-refractivity contribution in [2.24, 2.45) is 0 Å². The van der Waals surface area contributed by atoms with Crippen LogP contribution in [0.5, 0.6) is 0 Å². The molecule has 0 radical (unpaired) electrons. The minimum Gasteiger partial charge on any atom is -0.311 e. The normalized spacial score (nSPS) is 30.5. The highest BCUT2D eigenvalue weighted by Gasteiger charge is 2.26. The number of hydrogen-bond donors (Lipinski definition) is 0. The average molecular weight is 211 g/mol. The van der Waals surface area contributed by atoms with E-state index < -0.39 is 6.34 Å². The molecule has 1 nitrogen and oxygen atoms in total. The van der Waals surface area contributed by atoms with Gasteiger partial charge in [0.25, 0.3) is 0 Å². The van der Waals surface area contributed by atoms with Gasteiger partial charge in [0.1, 0.15) is 6.34 Å². The molecule has 11 heavy (non-hydrogen) atoms. The summed E-state index contributed by atoms with van der Waals surface area (Å²) in [5.74, 6) is 1.42. The second-order valence-corrected chi connectivity index (χ2v) is 8.85. The molecule has 0 bridgehead atoms. The van der Waals surface area contributed by atoms with Gasteiger partial charge in [0.15, 0.2) is 0 Å². The minimum absolute atomic E-state index is 0.605. The first kappa shape index (κ1) is 9.70. The Kier molecular flexibility index (Phi) is 3.54. The van der Waals surface area contributed by atoms with E-state index in [-0.39, 0.29) is 0 Å². The zero-order chi connectivity index (χ0) is 8.32. The standard InChI is InChI=1S/C7H12ClOPS/c1-7-2-4-10(9,6-7)11-5-3-8/h2H,3-6H2,1H3. The third-order valence-corrected chi connectivity index (χ3v) is 7.40. The van der Waals surface area contributed by atoms with Gasteiger partial charge in [0.05, 0.1) is 0 Å². The summed E-state index contributed by atoms with van der Waals surface area (Å²) in [6.07, 6.45) is 1.76. The zero-order valence-electron chi connectivity index (χ0n) is 6.55. The SMILES string of the molecule is CC1=CCP(=O)(SCCCl)C1. The lowest BCUT2D eigenvalue weighted by Crippen LogP contribution is -1.85. The molecule has 0 fully saturated rings. The first-order chi connectivity index (χ1) is 5.16. The molecule has 0 aliphatic carbocycles. The molecular weight excluding hydrogens is 199 g/mol. The van der Waals surface area contributed by atoms with Crippen molar-refractivity contribution in [1.29, 1.82) is 0 Å². The van der Waals surface area contributed by atoms with Crippen LogP contribution >= 0.6 is 29.3 Å². The highest BCUT2D eigenvalue weighted by atomic mass is 35.5. The average Bonchev–Trinajstić information content (AvgIpc) is 2.28. The van der Waals surface area contributed by atoms with Gasteiger partial charge in [-0.2, -0.15) is 0 Å². The maximum Gasteiger partial charge on any atom is 0.146 e. The van der Waals surface area contributed by atoms with Crippen molar-refractivity contribution < 1.29 is 4.57 Å². The van der Waals surface area contributed by atoms with Crippen molar-refractivity contribution >= 4 is 29.3 Å². The second kappa shape index (κ2) is 4.02. The molecule has 1 atom stereocenters. The van der Waals surface area contributed by atoms with Crippen molar-refractivity contribution in [1.82, 2.24) is 0 Å². The quantitative estimate of drug-likeness (QED) is 0.404. The third kappa shape index (κ3) is 2.85. The van der Waals surface area contributed by atoms with Crippen molar-refractivity contribution in [3.63, 3.8) is 0 Å². The fourth-order valence-electron chi connectivity index (χ4n) is 1.10. The van der Waals surface area contributed by atoms with Gasteiger partial charge in [-0.05, 0) is 6.92 Å². The summed E-state index contributed by atoms with van der Waals surface area (Å²) in [7, 11) is 0. The van der Waals surface area contributed by atoms with Crippen molar-refractivity contribution in [3.05, 3.63) is 11.6 Å². The Morgan fingerprint density at radius 1 is 1.82 bits per heavy atom. The van der Waals surface area contributed by atoms with Crippen LogP contribution < -0.4 is 0 Å². The summed E-state index contributed by atoms with van der Waals surface area (Å²) in [6, 6.07) is 0. The van der Waals surface area contributed by atoms with E-state index in [9.17, 15) is 4.57 Å². The predicted molar refractivity (Wildman–Crippen MR) is 54.3 cm³/mol. The molecule has 1 heterocycles. The lowest BCUT2D eigenvalue weighted by Gasteiger charge is -2.08. The first-order valence-corrected chi connectivity index (χ1v) is 7.81. The molecule has 64 valence electrons. The molecule has 1 rings (SSSR count). The third-order valence-electron chi connectivity index (χ3n) is 1.61. The van der Waals surface area contributed by atoms with E-state index in [2.05, 4.69) is 6.08 Å². The number of halogens is 1. The predicted octanol–water partition coefficient (Wildman–Crippen LogP) is 3.20. The smallest absolute Gasteiger partial charge is 0.146 e. The molecule has 0 N–H and O–H groups in total. The van der Waals surface area contributed by atoms with Crippen LogP contribution in [0.15, 0.2) is 11.6 Å². The second-order valence-electron chi connectivity index (χ2n) is 2.73. The van der Waals surface area contributed by atoms with Gasteiger partial charge >= 0.3 is 0 Å². The van der Waals surface area contributed by atoms with Crippen LogP contribution in [0.3, 0.4) is 0 Å². The Balaban J connectivity index is 2.40. The van der Waals surface area contributed by atoms with Crippen LogP contribution in [0.25, 0.3) is 0 Å². The van der Waals surface area contributed by atoms with Crippen molar-refractivity contribution in [2.45, 2.75) is 6.92 Å². The van der Waals surface area contributed by atoms with Crippen LogP contribution in [0.1, 0.15) is 6.92 Å². The topological polar surface area (TPSA) is 17.1 Å². The van der Waals surface area contributed by atoms with Crippen LogP contribution in [0.4, 0.5) is 0 Å². The fraction of sp³-hybridized carbons (Fsp3) is 0.714. The summed E-state index contributed by atoms with van der Waals surface area (Å²) in [4.78, 5) is 0. The Bertz CT molecular complexity index is 214. The van der Waals surface area contributed by atoms with Gasteiger partial charge < -0.3 is 4.57 Å². The van der Waals surface area contributed by atoms with Crippen LogP contribution in [-0.4, -0.2) is 24.0 Å². The molecule has 0 saturated carbocycles. The van der Waals surface area contributed by atoms with Crippen molar-refractivity contribution in [3.8, 4) is 0 Å². The fourth-order valence-corrected chi connectivity index (χ4v) is 6.56. The molecule has 0 aromatic carbocycles. The molecule has 1 aliphatic rings. The molecular formula is C7H12ClOPS.